The first-order valence-corrected chi connectivity index (χ1v) is 16.4. The normalized spacial score (nSPS) is 15.7. The van der Waals surface area contributed by atoms with Crippen LogP contribution in [-0.2, 0) is 0 Å². The van der Waals surface area contributed by atoms with Crippen molar-refractivity contribution in [3.05, 3.63) is 12.4 Å². The van der Waals surface area contributed by atoms with Crippen LogP contribution in [0.2, 0.25) is 0 Å². The van der Waals surface area contributed by atoms with Gasteiger partial charge in [-0.2, -0.15) is 0 Å². The summed E-state index contributed by atoms with van der Waals surface area (Å²) >= 11 is 0. The van der Waals surface area contributed by atoms with Crippen LogP contribution < -0.4 is 0 Å². The maximum absolute atomic E-state index is 2.65. The lowest BCUT2D eigenvalue weighted by Crippen LogP contribution is -2.42. The van der Waals surface area contributed by atoms with Crippen molar-refractivity contribution in [1.82, 2.24) is 9.80 Å². The van der Waals surface area contributed by atoms with Crippen molar-refractivity contribution in [3.63, 3.8) is 0 Å². The number of hydrogen-bond acceptors (Lipinski definition) is 2. The van der Waals surface area contributed by atoms with Crippen LogP contribution in [0.15, 0.2) is 12.4 Å². The Balaban J connectivity index is 2.02. The van der Waals surface area contributed by atoms with E-state index in [-0.39, 0.29) is 0 Å². The maximum Gasteiger partial charge on any atom is 0.101 e. The van der Waals surface area contributed by atoms with Gasteiger partial charge in [-0.25, -0.2) is 0 Å². The predicted octanol–water partition coefficient (Wildman–Crippen LogP) is 11.2. The highest BCUT2D eigenvalue weighted by Crippen LogP contribution is 2.25. The fourth-order valence-electron chi connectivity index (χ4n) is 5.71. The topological polar surface area (TPSA) is 6.48 Å². The Bertz CT molecular complexity index is 458. The SMILES string of the molecule is CCCCCCCCCCCCCCCCCC1N(CCCCCCCCCC)C=CN1C(C)C. The molecule has 0 saturated carbocycles. The van der Waals surface area contributed by atoms with E-state index in [1.807, 2.05) is 0 Å². The van der Waals surface area contributed by atoms with Crippen molar-refractivity contribution in [2.45, 2.75) is 194 Å². The van der Waals surface area contributed by atoms with Gasteiger partial charge >= 0.3 is 0 Å². The fraction of sp³-hybridized carbons (Fsp3) is 0.939. The second kappa shape index (κ2) is 23.7. The summed E-state index contributed by atoms with van der Waals surface area (Å²) in [5, 5.41) is 0. The minimum absolute atomic E-state index is 0.608. The van der Waals surface area contributed by atoms with Gasteiger partial charge in [0.25, 0.3) is 0 Å². The quantitative estimate of drug-likeness (QED) is 0.111. The van der Waals surface area contributed by atoms with Gasteiger partial charge in [-0.3, -0.25) is 0 Å². The molecule has 0 aliphatic carbocycles. The number of nitrogens with zero attached hydrogens (tertiary/aromatic N) is 2. The van der Waals surface area contributed by atoms with Crippen LogP contribution in [0.4, 0.5) is 0 Å². The molecule has 0 aromatic rings. The summed E-state index contributed by atoms with van der Waals surface area (Å²) in [6.07, 6.45) is 39.7. The standard InChI is InChI=1S/C33H66N2/c1-5-7-9-11-13-15-16-17-18-19-20-21-22-24-26-28-33-34(30-31-35(33)32(3)4)29-27-25-23-14-12-10-8-6-2/h30-33H,5-29H2,1-4H3. The first-order chi connectivity index (χ1) is 17.2. The van der Waals surface area contributed by atoms with E-state index < -0.39 is 0 Å². The molecule has 1 unspecified atom stereocenters. The van der Waals surface area contributed by atoms with E-state index in [4.69, 9.17) is 0 Å². The molecular weight excluding hydrogens is 424 g/mol. The summed E-state index contributed by atoms with van der Waals surface area (Å²) < 4.78 is 0. The van der Waals surface area contributed by atoms with E-state index in [0.29, 0.717) is 12.2 Å². The van der Waals surface area contributed by atoms with Gasteiger partial charge in [-0.1, -0.05) is 149 Å². The minimum atomic E-state index is 0.608. The van der Waals surface area contributed by atoms with Gasteiger partial charge < -0.3 is 9.80 Å². The van der Waals surface area contributed by atoms with Gasteiger partial charge in [0, 0.05) is 25.0 Å². The van der Waals surface area contributed by atoms with E-state index in [1.165, 1.54) is 161 Å². The second-order valence-corrected chi connectivity index (χ2v) is 11.8. The lowest BCUT2D eigenvalue weighted by atomic mass is 10.0. The van der Waals surface area contributed by atoms with Gasteiger partial charge in [0.2, 0.25) is 0 Å². The summed E-state index contributed by atoms with van der Waals surface area (Å²) in [6.45, 7) is 10.6. The maximum atomic E-state index is 2.65. The van der Waals surface area contributed by atoms with E-state index in [2.05, 4.69) is 49.9 Å². The lowest BCUT2D eigenvalue weighted by molar-refractivity contribution is 0.114. The van der Waals surface area contributed by atoms with Crippen LogP contribution in [0.25, 0.3) is 0 Å². The van der Waals surface area contributed by atoms with E-state index in [9.17, 15) is 0 Å². The first-order valence-electron chi connectivity index (χ1n) is 16.4. The van der Waals surface area contributed by atoms with Crippen molar-refractivity contribution in [2.75, 3.05) is 6.54 Å². The largest absolute Gasteiger partial charge is 0.356 e. The van der Waals surface area contributed by atoms with Crippen molar-refractivity contribution >= 4 is 0 Å². The summed E-state index contributed by atoms with van der Waals surface area (Å²) in [5.74, 6) is 0. The molecule has 0 N–H and O–H groups in total. The number of hydrogen-bond donors (Lipinski definition) is 0. The summed E-state index contributed by atoms with van der Waals surface area (Å²) in [6, 6.07) is 0.608. The van der Waals surface area contributed by atoms with E-state index in [1.54, 1.807) is 0 Å². The van der Waals surface area contributed by atoms with Crippen LogP contribution in [0.3, 0.4) is 0 Å². The molecule has 0 radical (unpaired) electrons. The molecule has 0 aromatic carbocycles. The Morgan fingerprint density at radius 2 is 0.857 bits per heavy atom. The van der Waals surface area contributed by atoms with Crippen molar-refractivity contribution in [1.29, 1.82) is 0 Å². The molecule has 0 amide bonds. The summed E-state index contributed by atoms with van der Waals surface area (Å²) in [5.41, 5.74) is 0. The highest BCUT2D eigenvalue weighted by Gasteiger charge is 2.26. The average Bonchev–Trinajstić information content (AvgIpc) is 3.26. The molecule has 0 spiro atoms. The molecule has 1 atom stereocenters. The fourth-order valence-corrected chi connectivity index (χ4v) is 5.71. The minimum Gasteiger partial charge on any atom is -0.356 e. The van der Waals surface area contributed by atoms with E-state index >= 15 is 0 Å². The zero-order valence-electron chi connectivity index (χ0n) is 24.9. The Labute approximate surface area is 222 Å². The summed E-state index contributed by atoms with van der Waals surface area (Å²) in [4.78, 5) is 5.26. The molecule has 2 nitrogen and oxygen atoms in total. The predicted molar refractivity (Wildman–Crippen MR) is 159 cm³/mol. The Hall–Kier alpha value is -0.660. The Kier molecular flexibility index (Phi) is 21.9. The smallest absolute Gasteiger partial charge is 0.101 e. The molecule has 208 valence electrons. The van der Waals surface area contributed by atoms with Gasteiger partial charge in [0.15, 0.2) is 0 Å². The second-order valence-electron chi connectivity index (χ2n) is 11.8. The molecule has 0 aromatic heterocycles. The molecule has 1 aliphatic rings. The Morgan fingerprint density at radius 1 is 0.486 bits per heavy atom. The third-order valence-corrected chi connectivity index (χ3v) is 8.09. The lowest BCUT2D eigenvalue weighted by Gasteiger charge is -2.35. The summed E-state index contributed by atoms with van der Waals surface area (Å²) in [7, 11) is 0. The van der Waals surface area contributed by atoms with Crippen LogP contribution in [0, 0.1) is 0 Å². The zero-order chi connectivity index (χ0) is 25.4. The van der Waals surface area contributed by atoms with Gasteiger partial charge in [0.1, 0.15) is 6.17 Å². The molecule has 1 heterocycles. The van der Waals surface area contributed by atoms with Gasteiger partial charge in [0.05, 0.1) is 0 Å². The van der Waals surface area contributed by atoms with Crippen LogP contribution in [0.5, 0.6) is 0 Å². The molecule has 2 heteroatoms. The van der Waals surface area contributed by atoms with E-state index in [0.717, 1.165) is 0 Å². The van der Waals surface area contributed by atoms with Crippen molar-refractivity contribution in [2.24, 2.45) is 0 Å². The highest BCUT2D eigenvalue weighted by molar-refractivity contribution is 4.98. The molecular formula is C33H66N2. The van der Waals surface area contributed by atoms with Crippen LogP contribution in [-0.4, -0.2) is 28.6 Å². The molecule has 0 bridgehead atoms. The van der Waals surface area contributed by atoms with Crippen LogP contribution in [0.1, 0.15) is 182 Å². The number of unbranched alkanes of at least 4 members (excludes halogenated alkanes) is 21. The highest BCUT2D eigenvalue weighted by atomic mass is 15.4. The third kappa shape index (κ3) is 17.4. The van der Waals surface area contributed by atoms with Gasteiger partial charge in [-0.05, 0) is 33.1 Å². The Morgan fingerprint density at radius 3 is 1.26 bits per heavy atom. The zero-order valence-corrected chi connectivity index (χ0v) is 24.9. The first kappa shape index (κ1) is 32.4. The molecule has 1 rings (SSSR count). The average molecular weight is 491 g/mol. The molecule has 1 aliphatic heterocycles. The van der Waals surface area contributed by atoms with Crippen molar-refractivity contribution in [3.8, 4) is 0 Å². The van der Waals surface area contributed by atoms with Gasteiger partial charge in [-0.15, -0.1) is 0 Å². The monoisotopic (exact) mass is 491 g/mol. The van der Waals surface area contributed by atoms with Crippen molar-refractivity contribution < 1.29 is 0 Å². The van der Waals surface area contributed by atoms with Crippen LogP contribution >= 0.6 is 0 Å². The molecule has 0 fully saturated rings. The molecule has 35 heavy (non-hydrogen) atoms. The number of rotatable bonds is 26. The third-order valence-electron chi connectivity index (χ3n) is 8.09. The molecule has 0 saturated heterocycles.